The van der Waals surface area contributed by atoms with Crippen LogP contribution in [-0.4, -0.2) is 12.5 Å². The van der Waals surface area contributed by atoms with Crippen LogP contribution in [0.3, 0.4) is 0 Å². The summed E-state index contributed by atoms with van der Waals surface area (Å²) >= 11 is 0. The van der Waals surface area contributed by atoms with Crippen molar-refractivity contribution in [3.63, 3.8) is 0 Å². The molecule has 0 saturated carbocycles. The second-order valence-corrected chi connectivity index (χ2v) is 4.11. The van der Waals surface area contributed by atoms with Crippen molar-refractivity contribution < 1.29 is 9.53 Å². The lowest BCUT2D eigenvalue weighted by molar-refractivity contribution is 0.0993. The highest BCUT2D eigenvalue weighted by Crippen LogP contribution is 2.24. The van der Waals surface area contributed by atoms with Crippen LogP contribution in [0.1, 0.15) is 22.0 Å². The van der Waals surface area contributed by atoms with Gasteiger partial charge in [-0.3, -0.25) is 4.79 Å². The van der Waals surface area contributed by atoms with Crippen molar-refractivity contribution in [2.45, 2.75) is 6.10 Å². The van der Waals surface area contributed by atoms with E-state index in [1.54, 1.807) is 24.3 Å². The molecule has 4 heteroatoms. The molecule has 2 aromatic rings. The molecule has 0 spiro atoms. The van der Waals surface area contributed by atoms with Gasteiger partial charge in [-0.15, -0.1) is 0 Å². The van der Waals surface area contributed by atoms with E-state index in [-0.39, 0.29) is 6.10 Å². The molecule has 0 radical (unpaired) electrons. The quantitative estimate of drug-likeness (QED) is 0.857. The van der Waals surface area contributed by atoms with Crippen molar-refractivity contribution in [3.8, 4) is 5.75 Å². The van der Waals surface area contributed by atoms with Gasteiger partial charge in [-0.25, -0.2) is 0 Å². The number of nitrogens with two attached hydrogens (primary N) is 2. The maximum atomic E-state index is 11.3. The minimum Gasteiger partial charge on any atom is -0.484 e. The van der Waals surface area contributed by atoms with Crippen LogP contribution in [0.4, 0.5) is 0 Å². The number of amides is 1. The monoisotopic (exact) mass is 256 g/mol. The fraction of sp³-hybridized carbons (Fsp3) is 0.133. The van der Waals surface area contributed by atoms with Gasteiger partial charge in [-0.05, 0) is 17.7 Å². The molecule has 0 bridgehead atoms. The number of carbonyl (C=O) groups excluding carboxylic acids is 1. The summed E-state index contributed by atoms with van der Waals surface area (Å²) in [5.41, 5.74) is 12.4. The average Bonchev–Trinajstić information content (AvgIpc) is 2.46. The van der Waals surface area contributed by atoms with Gasteiger partial charge in [0, 0.05) is 6.54 Å². The van der Waals surface area contributed by atoms with Gasteiger partial charge in [0.15, 0.2) is 0 Å². The smallest absolute Gasteiger partial charge is 0.252 e. The van der Waals surface area contributed by atoms with Gasteiger partial charge >= 0.3 is 0 Å². The van der Waals surface area contributed by atoms with Gasteiger partial charge in [-0.1, -0.05) is 42.5 Å². The summed E-state index contributed by atoms with van der Waals surface area (Å²) in [6.07, 6.45) is -0.304. The van der Waals surface area contributed by atoms with E-state index in [4.69, 9.17) is 16.2 Å². The molecule has 2 rings (SSSR count). The molecule has 1 unspecified atom stereocenters. The molecule has 4 nitrogen and oxygen atoms in total. The van der Waals surface area contributed by atoms with E-state index < -0.39 is 5.91 Å². The molecule has 0 aliphatic carbocycles. The first kappa shape index (κ1) is 13.1. The molecule has 0 aliphatic heterocycles. The molecule has 19 heavy (non-hydrogen) atoms. The van der Waals surface area contributed by atoms with Crippen LogP contribution in [0.15, 0.2) is 54.6 Å². The first-order valence-corrected chi connectivity index (χ1v) is 6.03. The largest absolute Gasteiger partial charge is 0.484 e. The van der Waals surface area contributed by atoms with Gasteiger partial charge in [-0.2, -0.15) is 0 Å². The van der Waals surface area contributed by atoms with Crippen molar-refractivity contribution in [3.05, 3.63) is 65.7 Å². The Bertz CT molecular complexity index is 555. The molecule has 0 saturated heterocycles. The van der Waals surface area contributed by atoms with E-state index in [2.05, 4.69) is 0 Å². The maximum Gasteiger partial charge on any atom is 0.252 e. The highest BCUT2D eigenvalue weighted by molar-refractivity contribution is 5.95. The molecular weight excluding hydrogens is 240 g/mol. The predicted octanol–water partition coefficient (Wildman–Crippen LogP) is 1.86. The van der Waals surface area contributed by atoms with Crippen molar-refractivity contribution >= 4 is 5.91 Å². The Morgan fingerprint density at radius 2 is 1.68 bits per heavy atom. The van der Waals surface area contributed by atoms with Gasteiger partial charge in [0.05, 0.1) is 5.56 Å². The van der Waals surface area contributed by atoms with E-state index in [9.17, 15) is 4.79 Å². The number of hydrogen-bond donors (Lipinski definition) is 2. The normalized spacial score (nSPS) is 11.8. The van der Waals surface area contributed by atoms with Gasteiger partial charge in [0.2, 0.25) is 0 Å². The molecule has 2 aromatic carbocycles. The Labute approximate surface area is 112 Å². The number of rotatable bonds is 5. The number of carbonyl (C=O) groups is 1. The third-order valence-corrected chi connectivity index (χ3v) is 2.81. The summed E-state index contributed by atoms with van der Waals surface area (Å²) in [6, 6.07) is 16.5. The van der Waals surface area contributed by atoms with Gasteiger partial charge in [0.1, 0.15) is 11.9 Å². The van der Waals surface area contributed by atoms with Crippen molar-refractivity contribution in [1.29, 1.82) is 0 Å². The molecule has 0 aromatic heterocycles. The van der Waals surface area contributed by atoms with E-state index in [1.165, 1.54) is 0 Å². The second kappa shape index (κ2) is 6.02. The SMILES string of the molecule is NCC(Oc1ccccc1C(N)=O)c1ccccc1. The lowest BCUT2D eigenvalue weighted by atomic mass is 10.1. The van der Waals surface area contributed by atoms with E-state index >= 15 is 0 Å². The summed E-state index contributed by atoms with van der Waals surface area (Å²) in [7, 11) is 0. The number of ether oxygens (including phenoxy) is 1. The molecule has 0 aliphatic rings. The predicted molar refractivity (Wildman–Crippen MR) is 73.8 cm³/mol. The standard InChI is InChI=1S/C15H16N2O2/c16-10-14(11-6-2-1-3-7-11)19-13-9-5-4-8-12(13)15(17)18/h1-9,14H,10,16H2,(H2,17,18). The fourth-order valence-electron chi connectivity index (χ4n) is 1.85. The lowest BCUT2D eigenvalue weighted by Crippen LogP contribution is -2.20. The number of para-hydroxylation sites is 1. The van der Waals surface area contributed by atoms with Crippen molar-refractivity contribution in [1.82, 2.24) is 0 Å². The maximum absolute atomic E-state index is 11.3. The van der Waals surface area contributed by atoms with Crippen LogP contribution in [0.25, 0.3) is 0 Å². The minimum absolute atomic E-state index is 0.304. The summed E-state index contributed by atoms with van der Waals surface area (Å²) in [6.45, 7) is 0.317. The summed E-state index contributed by atoms with van der Waals surface area (Å²) in [5.74, 6) is -0.0614. The van der Waals surface area contributed by atoms with E-state index in [1.807, 2.05) is 30.3 Å². The van der Waals surface area contributed by atoms with Crippen LogP contribution in [0.5, 0.6) is 5.75 Å². The Balaban J connectivity index is 2.27. The fourth-order valence-corrected chi connectivity index (χ4v) is 1.85. The Kier molecular flexibility index (Phi) is 4.15. The zero-order valence-electron chi connectivity index (χ0n) is 10.5. The first-order chi connectivity index (χ1) is 9.22. The zero-order valence-corrected chi connectivity index (χ0v) is 10.5. The Hall–Kier alpha value is -2.33. The van der Waals surface area contributed by atoms with Crippen molar-refractivity contribution in [2.24, 2.45) is 11.5 Å². The summed E-state index contributed by atoms with van der Waals surface area (Å²) in [4.78, 5) is 11.3. The molecular formula is C15H16N2O2. The van der Waals surface area contributed by atoms with E-state index in [0.29, 0.717) is 17.9 Å². The molecule has 0 fully saturated rings. The molecule has 98 valence electrons. The Morgan fingerprint density at radius 1 is 1.05 bits per heavy atom. The summed E-state index contributed by atoms with van der Waals surface area (Å²) < 4.78 is 5.82. The number of benzene rings is 2. The Morgan fingerprint density at radius 3 is 2.32 bits per heavy atom. The number of primary amides is 1. The van der Waals surface area contributed by atoms with Crippen LogP contribution in [-0.2, 0) is 0 Å². The highest BCUT2D eigenvalue weighted by atomic mass is 16.5. The second-order valence-electron chi connectivity index (χ2n) is 4.11. The van der Waals surface area contributed by atoms with Crippen LogP contribution < -0.4 is 16.2 Å². The van der Waals surface area contributed by atoms with Crippen LogP contribution >= 0.6 is 0 Å². The minimum atomic E-state index is -0.514. The van der Waals surface area contributed by atoms with Crippen molar-refractivity contribution in [2.75, 3.05) is 6.54 Å². The van der Waals surface area contributed by atoms with E-state index in [0.717, 1.165) is 5.56 Å². The topological polar surface area (TPSA) is 78.3 Å². The third kappa shape index (κ3) is 3.11. The zero-order chi connectivity index (χ0) is 13.7. The molecule has 0 heterocycles. The number of hydrogen-bond acceptors (Lipinski definition) is 3. The lowest BCUT2D eigenvalue weighted by Gasteiger charge is -2.19. The first-order valence-electron chi connectivity index (χ1n) is 6.03. The van der Waals surface area contributed by atoms with Gasteiger partial charge < -0.3 is 16.2 Å². The van der Waals surface area contributed by atoms with Gasteiger partial charge in [0.25, 0.3) is 5.91 Å². The molecule has 1 amide bonds. The molecule has 4 N–H and O–H groups in total. The highest BCUT2D eigenvalue weighted by Gasteiger charge is 2.15. The van der Waals surface area contributed by atoms with Crippen LogP contribution in [0.2, 0.25) is 0 Å². The third-order valence-electron chi connectivity index (χ3n) is 2.81. The average molecular weight is 256 g/mol. The van der Waals surface area contributed by atoms with Crippen LogP contribution in [0, 0.1) is 0 Å². The molecule has 1 atom stereocenters. The summed E-state index contributed by atoms with van der Waals surface area (Å²) in [5, 5.41) is 0.